The number of fused-ring (bicyclic) bond motifs is 1. The van der Waals surface area contributed by atoms with Crippen molar-refractivity contribution < 1.29 is 23.1 Å². The fraction of sp³-hybridized carbons (Fsp3) is 0.417. The number of β-lactam (4-membered cyclic amide) rings is 1. The predicted molar refractivity (Wildman–Crippen MR) is 126 cm³/mol. The molecule has 9 heteroatoms. The van der Waals surface area contributed by atoms with E-state index in [0.717, 1.165) is 31.1 Å². The normalized spacial score (nSPS) is 22.0. The molecule has 3 N–H and O–H groups in total. The van der Waals surface area contributed by atoms with E-state index >= 15 is 0 Å². The van der Waals surface area contributed by atoms with Gasteiger partial charge < -0.3 is 20.6 Å². The van der Waals surface area contributed by atoms with Gasteiger partial charge in [-0.25, -0.2) is 13.2 Å². The number of carboxylic acids is 1. The Kier molecular flexibility index (Phi) is 7.88. The van der Waals surface area contributed by atoms with Crippen LogP contribution >= 0.6 is 0 Å². The second-order valence-corrected chi connectivity index (χ2v) is 11.4. The summed E-state index contributed by atoms with van der Waals surface area (Å²) < 4.78 is 22.4. The van der Waals surface area contributed by atoms with Gasteiger partial charge in [-0.3, -0.25) is 4.79 Å². The van der Waals surface area contributed by atoms with Crippen molar-refractivity contribution in [2.24, 2.45) is 0 Å². The molecule has 1 amide bonds. The van der Waals surface area contributed by atoms with E-state index in [0.29, 0.717) is 0 Å². The van der Waals surface area contributed by atoms with Crippen LogP contribution in [0.1, 0.15) is 31.4 Å². The molecule has 2 heterocycles. The van der Waals surface area contributed by atoms with Crippen LogP contribution in [-0.2, 0) is 32.5 Å². The molecule has 8 nitrogen and oxygen atoms in total. The third-order valence-electron chi connectivity index (χ3n) is 6.03. The molecule has 2 fully saturated rings. The first kappa shape index (κ1) is 24.9. The molecular weight excluding hydrogens is 442 g/mol. The van der Waals surface area contributed by atoms with Crippen LogP contribution in [0.2, 0.25) is 0 Å². The maximum Gasteiger partial charge on any atom is 0.328 e. The van der Waals surface area contributed by atoms with Gasteiger partial charge in [-0.2, -0.15) is 0 Å². The summed E-state index contributed by atoms with van der Waals surface area (Å²) in [5.74, 6) is -1.67. The number of rotatable bonds is 8. The van der Waals surface area contributed by atoms with Crippen LogP contribution < -0.4 is 10.6 Å². The van der Waals surface area contributed by atoms with Gasteiger partial charge in [-0.05, 0) is 25.0 Å². The second-order valence-electron chi connectivity index (χ2n) is 8.67. The maximum absolute atomic E-state index is 11.9. The van der Waals surface area contributed by atoms with Crippen LogP contribution in [-0.4, -0.2) is 59.6 Å². The highest BCUT2D eigenvalue weighted by Gasteiger charge is 2.67. The number of aliphatic carboxylic acids is 1. The van der Waals surface area contributed by atoms with Crippen LogP contribution in [0, 0.1) is 0 Å². The lowest BCUT2D eigenvalue weighted by Crippen LogP contribution is -2.57. The van der Waals surface area contributed by atoms with E-state index in [1.807, 2.05) is 12.1 Å². The molecule has 33 heavy (non-hydrogen) atoms. The minimum Gasteiger partial charge on any atom is -0.480 e. The van der Waals surface area contributed by atoms with Gasteiger partial charge in [0.1, 0.15) is 11.4 Å². The van der Waals surface area contributed by atoms with Gasteiger partial charge >= 0.3 is 5.97 Å². The zero-order chi connectivity index (χ0) is 24.1. The van der Waals surface area contributed by atoms with Gasteiger partial charge in [-0.1, -0.05) is 60.7 Å². The molecule has 2 aliphatic rings. The zero-order valence-electron chi connectivity index (χ0n) is 18.9. The summed E-state index contributed by atoms with van der Waals surface area (Å²) in [6.07, 6.45) is -0.0878. The Balaban J connectivity index is 0.000000189. The molecule has 0 aromatic heterocycles. The number of carbonyl (C=O) groups is 2. The number of benzene rings is 2. The van der Waals surface area contributed by atoms with Crippen LogP contribution in [0.3, 0.4) is 0 Å². The number of carboxylic acid groups (broad SMARTS) is 1. The number of nitrogens with zero attached hydrogens (tertiary/aromatic N) is 1. The summed E-state index contributed by atoms with van der Waals surface area (Å²) >= 11 is 0. The Hall–Kier alpha value is -2.75. The number of amides is 1. The molecule has 2 aromatic rings. The first-order valence-corrected chi connectivity index (χ1v) is 12.5. The average molecular weight is 474 g/mol. The summed E-state index contributed by atoms with van der Waals surface area (Å²) in [6, 6.07) is 19.7. The summed E-state index contributed by atoms with van der Waals surface area (Å²) in [7, 11) is -3.57. The number of carbonyl (C=O) groups excluding carboxylic acids is 1. The zero-order valence-corrected chi connectivity index (χ0v) is 19.7. The maximum atomic E-state index is 11.9. The summed E-state index contributed by atoms with van der Waals surface area (Å²) in [5, 5.41) is 14.9. The van der Waals surface area contributed by atoms with Crippen molar-refractivity contribution in [2.45, 2.75) is 49.5 Å². The lowest BCUT2D eigenvalue weighted by molar-refractivity contribution is -0.157. The molecule has 0 aliphatic carbocycles. The molecule has 4 rings (SSSR count). The summed E-state index contributed by atoms with van der Waals surface area (Å²) in [4.78, 5) is 23.2. The SMILES string of the molecule is CC1(C)[C@H](C(=O)O)N2C(=O)C[C@H]2S1(=O)=O.c1ccc(CNCCNCc2ccccc2)cc1. The molecule has 2 atom stereocenters. The Morgan fingerprint density at radius 1 is 0.970 bits per heavy atom. The topological polar surface area (TPSA) is 116 Å². The summed E-state index contributed by atoms with van der Waals surface area (Å²) in [5.41, 5.74) is 2.67. The van der Waals surface area contributed by atoms with Crippen molar-refractivity contribution in [3.8, 4) is 0 Å². The Morgan fingerprint density at radius 3 is 1.79 bits per heavy atom. The van der Waals surface area contributed by atoms with E-state index in [4.69, 9.17) is 5.11 Å². The quantitative estimate of drug-likeness (QED) is 0.395. The molecule has 0 radical (unpaired) electrons. The van der Waals surface area contributed by atoms with Crippen LogP contribution in [0.15, 0.2) is 60.7 Å². The number of hydrogen-bond acceptors (Lipinski definition) is 6. The summed E-state index contributed by atoms with van der Waals surface area (Å²) in [6.45, 7) is 6.56. The predicted octanol–water partition coefficient (Wildman–Crippen LogP) is 1.77. The fourth-order valence-corrected chi connectivity index (χ4v) is 6.19. The van der Waals surface area contributed by atoms with Gasteiger partial charge in [0.05, 0.1) is 11.2 Å². The van der Waals surface area contributed by atoms with Crippen molar-refractivity contribution in [3.63, 3.8) is 0 Å². The van der Waals surface area contributed by atoms with Gasteiger partial charge in [0.15, 0.2) is 9.84 Å². The smallest absolute Gasteiger partial charge is 0.328 e. The van der Waals surface area contributed by atoms with E-state index < -0.39 is 37.9 Å². The molecule has 0 bridgehead atoms. The third-order valence-corrected chi connectivity index (χ3v) is 8.83. The molecule has 0 unspecified atom stereocenters. The third kappa shape index (κ3) is 5.43. The van der Waals surface area contributed by atoms with Gasteiger partial charge in [0, 0.05) is 26.2 Å². The van der Waals surface area contributed by atoms with Crippen LogP contribution in [0.5, 0.6) is 0 Å². The van der Waals surface area contributed by atoms with Gasteiger partial charge in [0.2, 0.25) is 5.91 Å². The molecule has 0 saturated carbocycles. The highest BCUT2D eigenvalue weighted by molar-refractivity contribution is 7.93. The standard InChI is InChI=1S/C16H20N2.C8H11NO5S/c1-3-7-15(8-4-1)13-17-11-12-18-14-16-9-5-2-6-10-16;1-8(2)6(7(11)12)9-4(10)3-5(9)15(8,13)14/h1-10,17-18H,11-14H2;5-6H,3H2,1-2H3,(H,11,12)/t;5-,6+/m.1/s1. The van der Waals surface area contributed by atoms with Crippen molar-refractivity contribution >= 4 is 21.7 Å². The number of sulfone groups is 1. The molecule has 2 saturated heterocycles. The minimum absolute atomic E-state index is 0.0878. The number of nitrogens with one attached hydrogen (secondary N) is 2. The van der Waals surface area contributed by atoms with Crippen molar-refractivity contribution in [2.75, 3.05) is 13.1 Å². The number of hydrogen-bond donors (Lipinski definition) is 3. The first-order valence-electron chi connectivity index (χ1n) is 10.9. The second kappa shape index (κ2) is 10.5. The van der Waals surface area contributed by atoms with Gasteiger partial charge in [0.25, 0.3) is 0 Å². The van der Waals surface area contributed by atoms with Crippen molar-refractivity contribution in [3.05, 3.63) is 71.8 Å². The van der Waals surface area contributed by atoms with E-state index in [1.54, 1.807) is 0 Å². The highest BCUT2D eigenvalue weighted by atomic mass is 32.2. The highest BCUT2D eigenvalue weighted by Crippen LogP contribution is 2.45. The van der Waals surface area contributed by atoms with Crippen molar-refractivity contribution in [1.29, 1.82) is 0 Å². The first-order chi connectivity index (χ1) is 15.7. The average Bonchev–Trinajstić information content (AvgIpc) is 2.91. The van der Waals surface area contributed by atoms with E-state index in [-0.39, 0.29) is 6.42 Å². The van der Waals surface area contributed by atoms with Crippen molar-refractivity contribution in [1.82, 2.24) is 15.5 Å². The van der Waals surface area contributed by atoms with E-state index in [1.165, 1.54) is 25.0 Å². The lowest BCUT2D eigenvalue weighted by atomic mass is 9.98. The monoisotopic (exact) mass is 473 g/mol. The largest absolute Gasteiger partial charge is 0.480 e. The molecule has 0 spiro atoms. The van der Waals surface area contributed by atoms with Crippen LogP contribution in [0.4, 0.5) is 0 Å². The minimum atomic E-state index is -3.57. The molecule has 2 aliphatic heterocycles. The molecule has 178 valence electrons. The Labute approximate surface area is 194 Å². The van der Waals surface area contributed by atoms with E-state index in [9.17, 15) is 18.0 Å². The van der Waals surface area contributed by atoms with Gasteiger partial charge in [-0.15, -0.1) is 0 Å². The Morgan fingerprint density at radius 2 is 1.42 bits per heavy atom. The fourth-order valence-electron chi connectivity index (χ4n) is 4.06. The van der Waals surface area contributed by atoms with E-state index in [2.05, 4.69) is 59.2 Å². The van der Waals surface area contributed by atoms with Crippen LogP contribution in [0.25, 0.3) is 0 Å². The molecular formula is C24H31N3O5S. The Bertz CT molecular complexity index is 1010. The molecule has 2 aromatic carbocycles. The lowest BCUT2D eigenvalue weighted by Gasteiger charge is -2.35.